The van der Waals surface area contributed by atoms with Gasteiger partial charge < -0.3 is 15.0 Å². The summed E-state index contributed by atoms with van der Waals surface area (Å²) in [4.78, 5) is 34.0. The molecular formula is C13H16N4O3S. The molecule has 0 spiro atoms. The van der Waals surface area contributed by atoms with Gasteiger partial charge in [0, 0.05) is 24.9 Å². The number of thioether (sulfide) groups is 1. The zero-order chi connectivity index (χ0) is 14.7. The second kappa shape index (κ2) is 6.40. The van der Waals surface area contributed by atoms with Gasteiger partial charge in [0.05, 0.1) is 19.3 Å². The van der Waals surface area contributed by atoms with Crippen LogP contribution in [0.25, 0.3) is 0 Å². The summed E-state index contributed by atoms with van der Waals surface area (Å²) < 4.78 is 5.30. The summed E-state index contributed by atoms with van der Waals surface area (Å²) >= 11 is 1.26. The number of carbonyl (C=O) groups excluding carboxylic acids is 2. The first kappa shape index (κ1) is 14.3. The highest BCUT2D eigenvalue weighted by molar-refractivity contribution is 8.14. The molecule has 8 heteroatoms. The van der Waals surface area contributed by atoms with Crippen molar-refractivity contribution in [3.05, 3.63) is 18.1 Å². The summed E-state index contributed by atoms with van der Waals surface area (Å²) in [6.45, 7) is 2.80. The molecule has 1 aromatic heterocycles. The van der Waals surface area contributed by atoms with Crippen molar-refractivity contribution in [1.29, 1.82) is 0 Å². The summed E-state index contributed by atoms with van der Waals surface area (Å²) in [5.41, 5.74) is 0.288. The predicted molar refractivity (Wildman–Crippen MR) is 78.4 cm³/mol. The number of amides is 1. The third-order valence-electron chi connectivity index (χ3n) is 3.46. The number of hydrogen-bond donors (Lipinski definition) is 1. The molecule has 1 atom stereocenters. The van der Waals surface area contributed by atoms with Crippen LogP contribution >= 0.6 is 11.8 Å². The lowest BCUT2D eigenvalue weighted by molar-refractivity contribution is -0.112. The second-order valence-corrected chi connectivity index (χ2v) is 5.94. The standard InChI is InChI=1S/C13H16N4O3S/c18-12(16-9-1-6-21-13(9)19)10-7-11(15-8-14-10)17-2-4-20-5-3-17/h7-9H,1-6H2,(H,16,18)/t9-/m1/s1. The molecule has 3 rings (SSSR count). The Hall–Kier alpha value is -1.67. The highest BCUT2D eigenvalue weighted by Gasteiger charge is 2.27. The molecule has 1 aromatic rings. The number of ether oxygens (including phenoxy) is 1. The van der Waals surface area contributed by atoms with Crippen LogP contribution in [-0.2, 0) is 9.53 Å². The molecule has 7 nitrogen and oxygen atoms in total. The smallest absolute Gasteiger partial charge is 0.270 e. The summed E-state index contributed by atoms with van der Waals surface area (Å²) in [6.07, 6.45) is 2.06. The molecule has 0 aromatic carbocycles. The molecule has 0 aliphatic carbocycles. The first-order valence-electron chi connectivity index (χ1n) is 6.86. The lowest BCUT2D eigenvalue weighted by atomic mass is 10.2. The first-order chi connectivity index (χ1) is 10.2. The van der Waals surface area contributed by atoms with Crippen molar-refractivity contribution in [2.45, 2.75) is 12.5 Å². The lowest BCUT2D eigenvalue weighted by Gasteiger charge is -2.27. The van der Waals surface area contributed by atoms with Gasteiger partial charge in [-0.05, 0) is 6.42 Å². The van der Waals surface area contributed by atoms with Crippen LogP contribution in [0.4, 0.5) is 5.82 Å². The van der Waals surface area contributed by atoms with Crippen molar-refractivity contribution >= 4 is 28.6 Å². The zero-order valence-electron chi connectivity index (χ0n) is 11.4. The van der Waals surface area contributed by atoms with Gasteiger partial charge in [-0.2, -0.15) is 0 Å². The molecule has 2 aliphatic rings. The molecule has 21 heavy (non-hydrogen) atoms. The lowest BCUT2D eigenvalue weighted by Crippen LogP contribution is -2.38. The van der Waals surface area contributed by atoms with Crippen molar-refractivity contribution in [3.8, 4) is 0 Å². The molecule has 0 unspecified atom stereocenters. The molecular weight excluding hydrogens is 292 g/mol. The number of nitrogens with zero attached hydrogens (tertiary/aromatic N) is 3. The van der Waals surface area contributed by atoms with Crippen LogP contribution in [0, 0.1) is 0 Å². The molecule has 2 aliphatic heterocycles. The monoisotopic (exact) mass is 308 g/mol. The van der Waals surface area contributed by atoms with Gasteiger partial charge in [-0.15, -0.1) is 0 Å². The Labute approximate surface area is 126 Å². The van der Waals surface area contributed by atoms with E-state index in [0.29, 0.717) is 25.5 Å². The molecule has 112 valence electrons. The van der Waals surface area contributed by atoms with Crippen molar-refractivity contribution in [1.82, 2.24) is 15.3 Å². The van der Waals surface area contributed by atoms with Crippen LogP contribution in [0.3, 0.4) is 0 Å². The maximum atomic E-state index is 12.2. The molecule has 2 fully saturated rings. The number of carbonyl (C=O) groups is 2. The Balaban J connectivity index is 1.69. The Morgan fingerprint density at radius 1 is 1.38 bits per heavy atom. The van der Waals surface area contributed by atoms with Gasteiger partial charge in [-0.25, -0.2) is 9.97 Å². The molecule has 0 saturated carbocycles. The predicted octanol–water partition coefficient (Wildman–Crippen LogP) is 0.0751. The van der Waals surface area contributed by atoms with Gasteiger partial charge in [-0.1, -0.05) is 11.8 Å². The first-order valence-corrected chi connectivity index (χ1v) is 7.85. The maximum absolute atomic E-state index is 12.2. The third-order valence-corrected chi connectivity index (χ3v) is 4.47. The highest BCUT2D eigenvalue weighted by atomic mass is 32.2. The second-order valence-electron chi connectivity index (χ2n) is 4.84. The molecule has 3 heterocycles. The van der Waals surface area contributed by atoms with E-state index in [1.54, 1.807) is 6.07 Å². The van der Waals surface area contributed by atoms with Crippen LogP contribution in [0.15, 0.2) is 12.4 Å². The van der Waals surface area contributed by atoms with Crippen molar-refractivity contribution in [2.75, 3.05) is 37.0 Å². The fourth-order valence-corrected chi connectivity index (χ4v) is 3.23. The number of nitrogens with one attached hydrogen (secondary N) is 1. The average Bonchev–Trinajstić information content (AvgIpc) is 2.93. The Bertz CT molecular complexity index is 548. The van der Waals surface area contributed by atoms with E-state index in [1.165, 1.54) is 18.1 Å². The van der Waals surface area contributed by atoms with E-state index in [-0.39, 0.29) is 16.7 Å². The van der Waals surface area contributed by atoms with Crippen LogP contribution in [-0.4, -0.2) is 59.1 Å². The highest BCUT2D eigenvalue weighted by Crippen LogP contribution is 2.20. The topological polar surface area (TPSA) is 84.4 Å². The SMILES string of the molecule is O=C(N[C@@H]1CCSC1=O)c1cc(N2CCOCC2)ncn1. The number of rotatable bonds is 3. The molecule has 1 amide bonds. The van der Waals surface area contributed by atoms with Crippen LogP contribution < -0.4 is 10.2 Å². The Kier molecular flexibility index (Phi) is 4.35. The van der Waals surface area contributed by atoms with Gasteiger partial charge in [0.25, 0.3) is 5.91 Å². The normalized spacial score (nSPS) is 22.4. The van der Waals surface area contributed by atoms with Crippen molar-refractivity contribution < 1.29 is 14.3 Å². The Morgan fingerprint density at radius 3 is 2.90 bits per heavy atom. The zero-order valence-corrected chi connectivity index (χ0v) is 12.3. The molecule has 1 N–H and O–H groups in total. The minimum atomic E-state index is -0.399. The van der Waals surface area contributed by atoms with Gasteiger partial charge in [0.2, 0.25) is 5.12 Å². The van der Waals surface area contributed by atoms with E-state index in [9.17, 15) is 9.59 Å². The van der Waals surface area contributed by atoms with E-state index in [1.807, 2.05) is 0 Å². The summed E-state index contributed by atoms with van der Waals surface area (Å²) in [7, 11) is 0. The Morgan fingerprint density at radius 2 is 2.19 bits per heavy atom. The number of hydrogen-bond acceptors (Lipinski definition) is 7. The summed E-state index contributed by atoms with van der Waals surface area (Å²) in [5, 5.41) is 2.75. The quantitative estimate of drug-likeness (QED) is 0.846. The largest absolute Gasteiger partial charge is 0.378 e. The minimum Gasteiger partial charge on any atom is -0.378 e. The number of aromatic nitrogens is 2. The van der Waals surface area contributed by atoms with Crippen molar-refractivity contribution in [3.63, 3.8) is 0 Å². The summed E-state index contributed by atoms with van der Waals surface area (Å²) in [6, 6.07) is 1.26. The van der Waals surface area contributed by atoms with Crippen LogP contribution in [0.1, 0.15) is 16.9 Å². The minimum absolute atomic E-state index is 0.0193. The maximum Gasteiger partial charge on any atom is 0.270 e. The fraction of sp³-hybridized carbons (Fsp3) is 0.538. The molecule has 0 bridgehead atoms. The molecule has 2 saturated heterocycles. The van der Waals surface area contributed by atoms with E-state index < -0.39 is 6.04 Å². The van der Waals surface area contributed by atoms with Crippen LogP contribution in [0.2, 0.25) is 0 Å². The van der Waals surface area contributed by atoms with Crippen molar-refractivity contribution in [2.24, 2.45) is 0 Å². The van der Waals surface area contributed by atoms with Gasteiger partial charge in [0.1, 0.15) is 17.8 Å². The van der Waals surface area contributed by atoms with E-state index >= 15 is 0 Å². The number of anilines is 1. The van der Waals surface area contributed by atoms with Gasteiger partial charge >= 0.3 is 0 Å². The van der Waals surface area contributed by atoms with Gasteiger partial charge in [-0.3, -0.25) is 9.59 Å². The molecule has 0 radical (unpaired) electrons. The summed E-state index contributed by atoms with van der Waals surface area (Å²) in [5.74, 6) is 1.14. The van der Waals surface area contributed by atoms with Crippen LogP contribution in [0.5, 0.6) is 0 Å². The number of morpholine rings is 1. The van der Waals surface area contributed by atoms with Gasteiger partial charge in [0.15, 0.2) is 0 Å². The average molecular weight is 308 g/mol. The van der Waals surface area contributed by atoms with E-state index in [0.717, 1.165) is 18.8 Å². The van der Waals surface area contributed by atoms with E-state index in [2.05, 4.69) is 20.2 Å². The fourth-order valence-electron chi connectivity index (χ4n) is 2.30. The third kappa shape index (κ3) is 3.33. The van der Waals surface area contributed by atoms with E-state index in [4.69, 9.17) is 4.74 Å².